The van der Waals surface area contributed by atoms with Crippen molar-refractivity contribution in [3.8, 4) is 6.07 Å². The van der Waals surface area contributed by atoms with E-state index in [0.29, 0.717) is 5.30 Å². The number of Topliss-reactive ketones (excluding diaryl/α,β-unsaturated/α-hetero) is 1. The number of hydrogen-bond donors (Lipinski definition) is 0. The van der Waals surface area contributed by atoms with Crippen LogP contribution in [0.25, 0.3) is 0 Å². The van der Waals surface area contributed by atoms with Gasteiger partial charge in [-0.1, -0.05) is 18.2 Å². The van der Waals surface area contributed by atoms with Gasteiger partial charge in [-0.25, -0.2) is 0 Å². The summed E-state index contributed by atoms with van der Waals surface area (Å²) >= 11 is 0. The molecular formula is C12H14NO3P. The van der Waals surface area contributed by atoms with E-state index in [1.807, 2.05) is 0 Å². The molecule has 1 aromatic rings. The van der Waals surface area contributed by atoms with E-state index in [-0.39, 0.29) is 6.61 Å². The number of carbonyl (C=O) groups excluding carboxylic acids is 1. The van der Waals surface area contributed by atoms with Gasteiger partial charge in [0.05, 0.1) is 12.7 Å². The lowest BCUT2D eigenvalue weighted by molar-refractivity contribution is -0.115. The molecule has 0 radical (unpaired) electrons. The van der Waals surface area contributed by atoms with Crippen LogP contribution in [-0.2, 0) is 13.9 Å². The number of hydrogen-bond acceptors (Lipinski definition) is 4. The molecule has 0 heterocycles. The van der Waals surface area contributed by atoms with E-state index in [1.165, 1.54) is 6.92 Å². The Labute approximate surface area is 101 Å². The highest BCUT2D eigenvalue weighted by atomic mass is 31.2. The Morgan fingerprint density at radius 3 is 2.47 bits per heavy atom. The molecule has 0 aliphatic heterocycles. The Balaban J connectivity index is 3.28. The average Bonchev–Trinajstić information content (AvgIpc) is 2.31. The number of carbonyl (C=O) groups is 1. The highest BCUT2D eigenvalue weighted by Crippen LogP contribution is 2.50. The third kappa shape index (κ3) is 2.82. The van der Waals surface area contributed by atoms with Gasteiger partial charge in [0.15, 0.2) is 11.4 Å². The van der Waals surface area contributed by atoms with Crippen LogP contribution >= 0.6 is 7.37 Å². The largest absolute Gasteiger partial charge is 0.324 e. The molecule has 2 atom stereocenters. The summed E-state index contributed by atoms with van der Waals surface area (Å²) in [6.07, 6.45) is 0. The van der Waals surface area contributed by atoms with E-state index >= 15 is 0 Å². The van der Waals surface area contributed by atoms with Gasteiger partial charge in [0.25, 0.3) is 7.37 Å². The highest BCUT2D eigenvalue weighted by molar-refractivity contribution is 7.68. The minimum atomic E-state index is -3.45. The third-order valence-electron chi connectivity index (χ3n) is 2.28. The fourth-order valence-corrected chi connectivity index (χ4v) is 3.73. The number of ketones is 1. The van der Waals surface area contributed by atoms with Gasteiger partial charge in [-0.15, -0.1) is 0 Å². The molecular weight excluding hydrogens is 237 g/mol. The van der Waals surface area contributed by atoms with Crippen LogP contribution in [0.4, 0.5) is 0 Å². The van der Waals surface area contributed by atoms with Crippen LogP contribution < -0.4 is 5.30 Å². The Bertz CT molecular complexity index is 478. The minimum absolute atomic E-state index is 0.192. The van der Waals surface area contributed by atoms with Gasteiger partial charge in [0, 0.05) is 5.30 Å². The number of benzene rings is 1. The van der Waals surface area contributed by atoms with E-state index in [2.05, 4.69) is 0 Å². The first-order valence-electron chi connectivity index (χ1n) is 5.26. The molecule has 90 valence electrons. The van der Waals surface area contributed by atoms with Gasteiger partial charge in [-0.05, 0) is 26.0 Å². The van der Waals surface area contributed by atoms with Crippen LogP contribution in [0.2, 0.25) is 0 Å². The normalized spacial score (nSPS) is 15.6. The van der Waals surface area contributed by atoms with Crippen molar-refractivity contribution < 1.29 is 13.9 Å². The average molecular weight is 251 g/mol. The Morgan fingerprint density at radius 1 is 1.47 bits per heavy atom. The lowest BCUT2D eigenvalue weighted by atomic mass is 10.3. The van der Waals surface area contributed by atoms with Crippen LogP contribution in [0.1, 0.15) is 13.8 Å². The maximum absolute atomic E-state index is 12.7. The van der Waals surface area contributed by atoms with Crippen molar-refractivity contribution in [1.29, 1.82) is 5.26 Å². The second-order valence-electron chi connectivity index (χ2n) is 3.49. The van der Waals surface area contributed by atoms with E-state index in [4.69, 9.17) is 9.79 Å². The van der Waals surface area contributed by atoms with Gasteiger partial charge in [0.1, 0.15) is 0 Å². The Morgan fingerprint density at radius 2 is 2.06 bits per heavy atom. The zero-order chi connectivity index (χ0) is 12.9. The second kappa shape index (κ2) is 5.77. The van der Waals surface area contributed by atoms with Crippen LogP contribution in [0.15, 0.2) is 30.3 Å². The fraction of sp³-hybridized carbons (Fsp3) is 0.333. The van der Waals surface area contributed by atoms with Crippen molar-refractivity contribution in [2.24, 2.45) is 0 Å². The van der Waals surface area contributed by atoms with Crippen LogP contribution in [0.3, 0.4) is 0 Å². The van der Waals surface area contributed by atoms with Crippen molar-refractivity contribution in [1.82, 2.24) is 0 Å². The first kappa shape index (κ1) is 13.6. The van der Waals surface area contributed by atoms with Gasteiger partial charge >= 0.3 is 0 Å². The summed E-state index contributed by atoms with van der Waals surface area (Å²) in [5, 5.41) is 9.40. The molecule has 0 spiro atoms. The number of nitriles is 1. The molecule has 0 aliphatic carbocycles. The molecule has 0 bridgehead atoms. The summed E-state index contributed by atoms with van der Waals surface area (Å²) < 4.78 is 18.0. The van der Waals surface area contributed by atoms with Crippen molar-refractivity contribution in [3.05, 3.63) is 30.3 Å². The summed E-state index contributed by atoms with van der Waals surface area (Å²) in [6, 6.07) is 10.2. The molecule has 0 saturated carbocycles. The molecule has 17 heavy (non-hydrogen) atoms. The lowest BCUT2D eigenvalue weighted by Gasteiger charge is -2.20. The van der Waals surface area contributed by atoms with Crippen molar-refractivity contribution in [3.63, 3.8) is 0 Å². The minimum Gasteiger partial charge on any atom is -0.324 e. The van der Waals surface area contributed by atoms with Gasteiger partial charge < -0.3 is 4.52 Å². The predicted molar refractivity (Wildman–Crippen MR) is 65.4 cm³/mol. The zero-order valence-corrected chi connectivity index (χ0v) is 10.7. The molecule has 0 amide bonds. The van der Waals surface area contributed by atoms with Crippen molar-refractivity contribution in [2.45, 2.75) is 19.5 Å². The maximum Gasteiger partial charge on any atom is 0.256 e. The Hall–Kier alpha value is -1.43. The van der Waals surface area contributed by atoms with Gasteiger partial charge in [0.2, 0.25) is 0 Å². The third-order valence-corrected chi connectivity index (χ3v) is 5.10. The molecule has 4 nitrogen and oxygen atoms in total. The van der Waals surface area contributed by atoms with E-state index < -0.39 is 18.8 Å². The zero-order valence-electron chi connectivity index (χ0n) is 9.79. The van der Waals surface area contributed by atoms with Crippen LogP contribution in [0, 0.1) is 11.3 Å². The lowest BCUT2D eigenvalue weighted by Crippen LogP contribution is -2.24. The smallest absolute Gasteiger partial charge is 0.256 e. The highest BCUT2D eigenvalue weighted by Gasteiger charge is 2.39. The molecule has 1 aromatic carbocycles. The maximum atomic E-state index is 12.7. The molecule has 0 aliphatic rings. The summed E-state index contributed by atoms with van der Waals surface area (Å²) in [5.74, 6) is -0.437. The first-order valence-corrected chi connectivity index (χ1v) is 6.95. The van der Waals surface area contributed by atoms with E-state index in [1.54, 1.807) is 43.3 Å². The topological polar surface area (TPSA) is 67.2 Å². The van der Waals surface area contributed by atoms with Gasteiger partial charge in [-0.3, -0.25) is 9.36 Å². The van der Waals surface area contributed by atoms with Crippen LogP contribution in [-0.4, -0.2) is 18.0 Å². The molecule has 0 N–H and O–H groups in total. The summed E-state index contributed by atoms with van der Waals surface area (Å²) in [6.45, 7) is 3.13. The molecule has 1 rings (SSSR count). The van der Waals surface area contributed by atoms with E-state index in [9.17, 15) is 9.36 Å². The van der Waals surface area contributed by atoms with Crippen molar-refractivity contribution in [2.75, 3.05) is 6.61 Å². The van der Waals surface area contributed by atoms with Crippen molar-refractivity contribution >= 4 is 18.5 Å². The molecule has 0 aromatic heterocycles. The monoisotopic (exact) mass is 251 g/mol. The molecule has 0 saturated heterocycles. The molecule has 5 heteroatoms. The quantitative estimate of drug-likeness (QED) is 0.751. The Kier molecular flexibility index (Phi) is 4.62. The second-order valence-corrected chi connectivity index (χ2v) is 5.98. The first-order chi connectivity index (χ1) is 8.06. The van der Waals surface area contributed by atoms with Crippen LogP contribution in [0.5, 0.6) is 0 Å². The summed E-state index contributed by atoms with van der Waals surface area (Å²) in [4.78, 5) is 11.4. The van der Waals surface area contributed by atoms with Gasteiger partial charge in [-0.2, -0.15) is 5.26 Å². The number of rotatable bonds is 5. The SMILES string of the molecule is CCO[P@](=O)(c1ccccc1)[C@H](C#N)C(C)=O. The fourth-order valence-electron chi connectivity index (χ4n) is 1.53. The summed E-state index contributed by atoms with van der Waals surface area (Å²) in [5.41, 5.74) is -1.23. The standard InChI is InChI=1S/C12H14NO3P/c1-3-16-17(15,12(9-13)10(2)14)11-7-5-4-6-8-11/h4-8,12H,3H2,1-2H3/t12-,17-/m1/s1. The predicted octanol–water partition coefficient (Wildman–Crippen LogP) is 2.11. The number of nitrogens with zero attached hydrogens (tertiary/aromatic N) is 1. The molecule has 0 fully saturated rings. The summed E-state index contributed by atoms with van der Waals surface area (Å²) in [7, 11) is -3.45. The molecule has 0 unspecified atom stereocenters. The van der Waals surface area contributed by atoms with E-state index in [0.717, 1.165) is 0 Å².